The molecule has 1 fully saturated rings. The lowest BCUT2D eigenvalue weighted by molar-refractivity contribution is -0.147. The molecule has 1 aromatic heterocycles. The van der Waals surface area contributed by atoms with Crippen molar-refractivity contribution in [3.63, 3.8) is 0 Å². The van der Waals surface area contributed by atoms with E-state index in [0.29, 0.717) is 18.7 Å². The highest BCUT2D eigenvalue weighted by molar-refractivity contribution is 6.06. The molecule has 3 aliphatic heterocycles. The van der Waals surface area contributed by atoms with Gasteiger partial charge in [0.1, 0.15) is 11.7 Å². The zero-order chi connectivity index (χ0) is 18.1. The van der Waals surface area contributed by atoms with Gasteiger partial charge in [-0.1, -0.05) is 44.2 Å². The first-order valence-corrected chi connectivity index (χ1v) is 9.11. The van der Waals surface area contributed by atoms with Gasteiger partial charge in [-0.05, 0) is 18.1 Å². The van der Waals surface area contributed by atoms with Crippen LogP contribution >= 0.6 is 0 Å². The first kappa shape index (κ1) is 15.4. The number of rotatable bonds is 0. The van der Waals surface area contributed by atoms with Crippen molar-refractivity contribution in [3.05, 3.63) is 59.6 Å². The number of aromatic amines is 1. The van der Waals surface area contributed by atoms with Gasteiger partial charge < -0.3 is 14.8 Å². The summed E-state index contributed by atoms with van der Waals surface area (Å²) in [5.41, 5.74) is 3.61. The van der Waals surface area contributed by atoms with Crippen LogP contribution in [0.25, 0.3) is 10.9 Å². The highest BCUT2D eigenvalue weighted by Crippen LogP contribution is 2.38. The van der Waals surface area contributed by atoms with Crippen molar-refractivity contribution in [1.82, 2.24) is 14.8 Å². The number of hydrogen-bond donors (Lipinski definition) is 1. The standard InChI is InChI=1S/C21H21N3O2/c1-21(2)9-11-24-17(20(26)23-10-5-8-16(23)19(24)25)12-14-13-6-3-4-7-15(13)22-18(14)21/h3-4,6-9,11,17,22H,5,10,12H2,1-2H3/b11-9-/t17-/m0/s1. The Morgan fingerprint density at radius 3 is 2.85 bits per heavy atom. The molecule has 0 spiro atoms. The number of nitrogens with one attached hydrogen (secondary N) is 1. The molecule has 3 aliphatic rings. The zero-order valence-electron chi connectivity index (χ0n) is 15.0. The lowest BCUT2D eigenvalue weighted by Crippen LogP contribution is -2.56. The van der Waals surface area contributed by atoms with E-state index >= 15 is 0 Å². The molecule has 1 N–H and O–H groups in total. The number of para-hydroxylation sites is 1. The van der Waals surface area contributed by atoms with Crippen molar-refractivity contribution in [1.29, 1.82) is 0 Å². The third kappa shape index (κ3) is 1.97. The molecular formula is C21H21N3O2. The number of allylic oxidation sites excluding steroid dienone is 1. The number of amides is 2. The molecule has 26 heavy (non-hydrogen) atoms. The second-order valence-electron chi connectivity index (χ2n) is 7.86. The molecule has 0 radical (unpaired) electrons. The Bertz CT molecular complexity index is 1010. The Labute approximate surface area is 152 Å². The molecule has 1 aromatic carbocycles. The second-order valence-corrected chi connectivity index (χ2v) is 7.86. The molecule has 5 nitrogen and oxygen atoms in total. The molecule has 2 aromatic rings. The molecule has 0 saturated carbocycles. The van der Waals surface area contributed by atoms with Crippen molar-refractivity contribution in [2.24, 2.45) is 0 Å². The molecular weight excluding hydrogens is 326 g/mol. The van der Waals surface area contributed by atoms with Gasteiger partial charge in [0, 0.05) is 41.2 Å². The van der Waals surface area contributed by atoms with E-state index in [1.54, 1.807) is 9.80 Å². The smallest absolute Gasteiger partial charge is 0.274 e. The van der Waals surface area contributed by atoms with Crippen molar-refractivity contribution in [2.75, 3.05) is 6.54 Å². The lowest BCUT2D eigenvalue weighted by Gasteiger charge is -2.40. The van der Waals surface area contributed by atoms with Crippen molar-refractivity contribution < 1.29 is 9.59 Å². The van der Waals surface area contributed by atoms with Crippen molar-refractivity contribution in [2.45, 2.75) is 38.1 Å². The number of nitrogens with zero attached hydrogens (tertiary/aromatic N) is 2. The Balaban J connectivity index is 1.71. The minimum atomic E-state index is -0.483. The van der Waals surface area contributed by atoms with Crippen molar-refractivity contribution in [3.8, 4) is 0 Å². The third-order valence-corrected chi connectivity index (χ3v) is 5.83. The number of H-pyrrole nitrogens is 1. The number of benzene rings is 1. The first-order chi connectivity index (χ1) is 12.5. The summed E-state index contributed by atoms with van der Waals surface area (Å²) in [6.07, 6.45) is 7.01. The van der Waals surface area contributed by atoms with Crippen LogP contribution in [0, 0.1) is 0 Å². The van der Waals surface area contributed by atoms with Crippen LogP contribution in [0.5, 0.6) is 0 Å². The average Bonchev–Trinajstić information content (AvgIpc) is 3.23. The first-order valence-electron chi connectivity index (χ1n) is 9.11. The molecule has 0 aliphatic carbocycles. The van der Waals surface area contributed by atoms with Gasteiger partial charge in [-0.2, -0.15) is 0 Å². The summed E-state index contributed by atoms with van der Waals surface area (Å²) in [6.45, 7) is 4.88. The van der Waals surface area contributed by atoms with Crippen LogP contribution in [0.1, 0.15) is 31.5 Å². The fraction of sp³-hybridized carbons (Fsp3) is 0.333. The molecule has 1 saturated heterocycles. The minimum Gasteiger partial charge on any atom is -0.357 e. The monoisotopic (exact) mass is 347 g/mol. The fourth-order valence-corrected chi connectivity index (χ4v) is 4.43. The quantitative estimate of drug-likeness (QED) is 0.797. The SMILES string of the molecule is CC1(C)/C=C\N2C(=O)C3=CCCN3C(=O)[C@@H]2Cc2c1[nH]c1ccccc21. The molecule has 5 heteroatoms. The Morgan fingerprint density at radius 1 is 1.19 bits per heavy atom. The molecule has 0 bridgehead atoms. The van der Waals surface area contributed by atoms with E-state index in [4.69, 9.17) is 0 Å². The van der Waals surface area contributed by atoms with Gasteiger partial charge in [0.25, 0.3) is 11.8 Å². The number of fused-ring (bicyclic) bond motifs is 5. The Kier molecular flexibility index (Phi) is 3.03. The Morgan fingerprint density at radius 2 is 2.00 bits per heavy atom. The maximum Gasteiger partial charge on any atom is 0.274 e. The second kappa shape index (κ2) is 5.10. The van der Waals surface area contributed by atoms with Gasteiger partial charge in [-0.15, -0.1) is 0 Å². The summed E-state index contributed by atoms with van der Waals surface area (Å²) in [4.78, 5) is 33.0. The van der Waals surface area contributed by atoms with E-state index in [1.807, 2.05) is 30.5 Å². The maximum absolute atomic E-state index is 13.1. The third-order valence-electron chi connectivity index (χ3n) is 5.83. The molecule has 1 atom stereocenters. The largest absolute Gasteiger partial charge is 0.357 e. The lowest BCUT2D eigenvalue weighted by atomic mass is 9.83. The predicted molar refractivity (Wildman–Crippen MR) is 99.2 cm³/mol. The molecule has 5 rings (SSSR count). The van der Waals surface area contributed by atoms with Crippen LogP contribution in [-0.4, -0.2) is 39.2 Å². The summed E-state index contributed by atoms with van der Waals surface area (Å²) >= 11 is 0. The van der Waals surface area contributed by atoms with Crippen LogP contribution < -0.4 is 0 Å². The summed E-state index contributed by atoms with van der Waals surface area (Å²) in [5.74, 6) is -0.0450. The van der Waals surface area contributed by atoms with Crippen LogP contribution in [0.2, 0.25) is 0 Å². The highest BCUT2D eigenvalue weighted by atomic mass is 16.2. The summed E-state index contributed by atoms with van der Waals surface area (Å²) in [7, 11) is 0. The van der Waals surface area contributed by atoms with E-state index in [-0.39, 0.29) is 17.2 Å². The van der Waals surface area contributed by atoms with Gasteiger partial charge in [-0.3, -0.25) is 9.59 Å². The van der Waals surface area contributed by atoms with Gasteiger partial charge >= 0.3 is 0 Å². The van der Waals surface area contributed by atoms with Crippen LogP contribution in [0.3, 0.4) is 0 Å². The summed E-state index contributed by atoms with van der Waals surface area (Å²) in [5, 5.41) is 1.13. The van der Waals surface area contributed by atoms with E-state index in [1.165, 1.54) is 0 Å². The van der Waals surface area contributed by atoms with Crippen LogP contribution in [0.4, 0.5) is 0 Å². The normalized spacial score (nSPS) is 25.3. The van der Waals surface area contributed by atoms with Crippen LogP contribution in [-0.2, 0) is 21.4 Å². The fourth-order valence-electron chi connectivity index (χ4n) is 4.43. The predicted octanol–water partition coefficient (Wildman–Crippen LogP) is 2.84. The van der Waals surface area contributed by atoms with Gasteiger partial charge in [0.2, 0.25) is 0 Å². The minimum absolute atomic E-state index is 0.0222. The topological polar surface area (TPSA) is 56.4 Å². The van der Waals surface area contributed by atoms with Gasteiger partial charge in [0.05, 0.1) is 0 Å². The molecule has 4 heterocycles. The van der Waals surface area contributed by atoms with E-state index in [9.17, 15) is 9.59 Å². The maximum atomic E-state index is 13.1. The molecule has 2 amide bonds. The number of hydrogen-bond acceptors (Lipinski definition) is 2. The van der Waals surface area contributed by atoms with E-state index in [2.05, 4.69) is 31.0 Å². The number of carbonyl (C=O) groups is 2. The zero-order valence-corrected chi connectivity index (χ0v) is 15.0. The summed E-state index contributed by atoms with van der Waals surface area (Å²) < 4.78 is 0. The van der Waals surface area contributed by atoms with Gasteiger partial charge in [0.15, 0.2) is 0 Å². The van der Waals surface area contributed by atoms with E-state index < -0.39 is 6.04 Å². The van der Waals surface area contributed by atoms with Crippen LogP contribution in [0.15, 0.2) is 48.3 Å². The number of aromatic nitrogens is 1. The summed E-state index contributed by atoms with van der Waals surface area (Å²) in [6, 6.07) is 7.70. The molecule has 0 unspecified atom stereocenters. The molecule has 132 valence electrons. The van der Waals surface area contributed by atoms with Gasteiger partial charge in [-0.25, -0.2) is 0 Å². The highest BCUT2D eigenvalue weighted by Gasteiger charge is 2.45. The number of piperazine rings is 1. The average molecular weight is 347 g/mol. The van der Waals surface area contributed by atoms with E-state index in [0.717, 1.165) is 28.6 Å². The number of carbonyl (C=O) groups excluding carboxylic acids is 2. The van der Waals surface area contributed by atoms with Crippen molar-refractivity contribution >= 4 is 22.7 Å². The Hall–Kier alpha value is -2.82.